The summed E-state index contributed by atoms with van der Waals surface area (Å²) < 4.78 is 11.1. The van der Waals surface area contributed by atoms with Gasteiger partial charge in [0.1, 0.15) is 13.2 Å². The van der Waals surface area contributed by atoms with E-state index in [0.717, 1.165) is 25.2 Å². The number of carboxylic acids is 1. The SMILES string of the molecule is O=C(O)C1CCN(Cc2cc(Cl)c3c(c2)OCCO3)CC1. The third kappa shape index (κ3) is 3.24. The normalized spacial score (nSPS) is 19.5. The van der Waals surface area contributed by atoms with E-state index < -0.39 is 5.97 Å². The number of carboxylic acid groups (broad SMARTS) is 1. The van der Waals surface area contributed by atoms with Crippen molar-refractivity contribution in [3.05, 3.63) is 22.7 Å². The van der Waals surface area contributed by atoms with E-state index >= 15 is 0 Å². The predicted molar refractivity (Wildman–Crippen MR) is 78.1 cm³/mol. The Kier molecular flexibility index (Phi) is 4.22. The lowest BCUT2D eigenvalue weighted by Gasteiger charge is -2.30. The van der Waals surface area contributed by atoms with Gasteiger partial charge in [0.15, 0.2) is 11.5 Å². The molecule has 0 aliphatic carbocycles. The number of likely N-dealkylation sites (tertiary alicyclic amines) is 1. The number of benzene rings is 1. The molecule has 1 saturated heterocycles. The number of rotatable bonds is 3. The summed E-state index contributed by atoms with van der Waals surface area (Å²) in [5.41, 5.74) is 1.07. The molecule has 0 spiro atoms. The van der Waals surface area contributed by atoms with Crippen molar-refractivity contribution >= 4 is 17.6 Å². The van der Waals surface area contributed by atoms with Gasteiger partial charge in [-0.3, -0.25) is 9.69 Å². The molecule has 2 aliphatic rings. The fourth-order valence-corrected chi connectivity index (χ4v) is 3.14. The highest BCUT2D eigenvalue weighted by atomic mass is 35.5. The van der Waals surface area contributed by atoms with Gasteiger partial charge in [0.25, 0.3) is 0 Å². The second kappa shape index (κ2) is 6.12. The van der Waals surface area contributed by atoms with Gasteiger partial charge in [-0.25, -0.2) is 0 Å². The Bertz CT molecular complexity index is 541. The Morgan fingerprint density at radius 1 is 1.29 bits per heavy atom. The van der Waals surface area contributed by atoms with E-state index in [1.807, 2.05) is 12.1 Å². The van der Waals surface area contributed by atoms with Crippen LogP contribution in [0.2, 0.25) is 5.02 Å². The van der Waals surface area contributed by atoms with Crippen molar-refractivity contribution in [2.45, 2.75) is 19.4 Å². The van der Waals surface area contributed by atoms with Crippen LogP contribution in [0.25, 0.3) is 0 Å². The van der Waals surface area contributed by atoms with Crippen LogP contribution < -0.4 is 9.47 Å². The largest absolute Gasteiger partial charge is 0.486 e. The maximum atomic E-state index is 11.0. The van der Waals surface area contributed by atoms with Crippen molar-refractivity contribution in [3.63, 3.8) is 0 Å². The zero-order chi connectivity index (χ0) is 14.8. The maximum absolute atomic E-state index is 11.0. The molecule has 1 aromatic rings. The van der Waals surface area contributed by atoms with Crippen molar-refractivity contribution in [3.8, 4) is 11.5 Å². The summed E-state index contributed by atoms with van der Waals surface area (Å²) in [5.74, 6) is 0.433. The van der Waals surface area contributed by atoms with Crippen molar-refractivity contribution in [2.75, 3.05) is 26.3 Å². The lowest BCUT2D eigenvalue weighted by molar-refractivity contribution is -0.143. The number of nitrogens with zero attached hydrogens (tertiary/aromatic N) is 1. The summed E-state index contributed by atoms with van der Waals surface area (Å²) in [5, 5.41) is 9.59. The first kappa shape index (κ1) is 14.5. The minimum atomic E-state index is -0.683. The molecule has 0 aromatic heterocycles. The number of hydrogen-bond donors (Lipinski definition) is 1. The molecule has 114 valence electrons. The average molecular weight is 312 g/mol. The van der Waals surface area contributed by atoms with E-state index in [-0.39, 0.29) is 5.92 Å². The van der Waals surface area contributed by atoms with Crippen LogP contribution in [-0.2, 0) is 11.3 Å². The van der Waals surface area contributed by atoms with E-state index in [9.17, 15) is 4.79 Å². The highest BCUT2D eigenvalue weighted by molar-refractivity contribution is 6.32. The number of carbonyl (C=O) groups is 1. The van der Waals surface area contributed by atoms with Crippen LogP contribution in [0.1, 0.15) is 18.4 Å². The fourth-order valence-electron chi connectivity index (χ4n) is 2.85. The van der Waals surface area contributed by atoms with E-state index in [1.165, 1.54) is 0 Å². The number of fused-ring (bicyclic) bond motifs is 1. The van der Waals surface area contributed by atoms with Crippen LogP contribution in [0.3, 0.4) is 0 Å². The van der Waals surface area contributed by atoms with Crippen molar-refractivity contribution in [1.29, 1.82) is 0 Å². The molecule has 2 aliphatic heterocycles. The molecule has 0 unspecified atom stereocenters. The molecule has 0 bridgehead atoms. The second-order valence-electron chi connectivity index (χ2n) is 5.49. The van der Waals surface area contributed by atoms with Gasteiger partial charge in [-0.2, -0.15) is 0 Å². The molecule has 6 heteroatoms. The first-order valence-corrected chi connectivity index (χ1v) is 7.54. The Labute approximate surface area is 128 Å². The maximum Gasteiger partial charge on any atom is 0.306 e. The monoisotopic (exact) mass is 311 g/mol. The third-order valence-corrected chi connectivity index (χ3v) is 4.28. The van der Waals surface area contributed by atoms with Crippen LogP contribution in [0.5, 0.6) is 11.5 Å². The topological polar surface area (TPSA) is 59.0 Å². The van der Waals surface area contributed by atoms with Gasteiger partial charge in [0, 0.05) is 6.54 Å². The minimum Gasteiger partial charge on any atom is -0.486 e. The second-order valence-corrected chi connectivity index (χ2v) is 5.90. The standard InChI is InChI=1S/C15H18ClNO4/c16-12-7-10(8-13-14(12)21-6-5-20-13)9-17-3-1-11(2-4-17)15(18)19/h7-8,11H,1-6,9H2,(H,18,19). The smallest absolute Gasteiger partial charge is 0.306 e. The summed E-state index contributed by atoms with van der Waals surface area (Å²) >= 11 is 6.23. The predicted octanol–water partition coefficient (Wildman–Crippen LogP) is 2.41. The summed E-state index contributed by atoms with van der Waals surface area (Å²) in [6.45, 7) is 3.40. The van der Waals surface area contributed by atoms with E-state index in [1.54, 1.807) is 0 Å². The molecular weight excluding hydrogens is 294 g/mol. The van der Waals surface area contributed by atoms with Gasteiger partial charge in [0.2, 0.25) is 0 Å². The lowest BCUT2D eigenvalue weighted by Crippen LogP contribution is -2.35. The number of hydrogen-bond acceptors (Lipinski definition) is 4. The van der Waals surface area contributed by atoms with Crippen LogP contribution >= 0.6 is 11.6 Å². The van der Waals surface area contributed by atoms with Crippen molar-refractivity contribution in [2.24, 2.45) is 5.92 Å². The highest BCUT2D eigenvalue weighted by Crippen LogP contribution is 2.38. The molecule has 3 rings (SSSR count). The molecular formula is C15H18ClNO4. The quantitative estimate of drug-likeness (QED) is 0.929. The minimum absolute atomic E-state index is 0.204. The molecule has 0 amide bonds. The van der Waals surface area contributed by atoms with Gasteiger partial charge >= 0.3 is 5.97 Å². The van der Waals surface area contributed by atoms with Crippen molar-refractivity contribution in [1.82, 2.24) is 4.90 Å². The Morgan fingerprint density at radius 2 is 2.00 bits per heavy atom. The fraction of sp³-hybridized carbons (Fsp3) is 0.533. The highest BCUT2D eigenvalue weighted by Gasteiger charge is 2.25. The summed E-state index contributed by atoms with van der Waals surface area (Å²) in [7, 11) is 0. The van der Waals surface area contributed by atoms with Crippen molar-refractivity contribution < 1.29 is 19.4 Å². The first-order valence-electron chi connectivity index (χ1n) is 7.16. The van der Waals surface area contributed by atoms with E-state index in [4.69, 9.17) is 26.2 Å². The van der Waals surface area contributed by atoms with Gasteiger partial charge < -0.3 is 14.6 Å². The van der Waals surface area contributed by atoms with E-state index in [2.05, 4.69) is 4.90 Å². The number of aliphatic carboxylic acids is 1. The zero-order valence-electron chi connectivity index (χ0n) is 11.7. The van der Waals surface area contributed by atoms with Gasteiger partial charge in [-0.15, -0.1) is 0 Å². The van der Waals surface area contributed by atoms with Crippen LogP contribution in [-0.4, -0.2) is 42.3 Å². The van der Waals surface area contributed by atoms with E-state index in [0.29, 0.717) is 42.6 Å². The summed E-state index contributed by atoms with van der Waals surface area (Å²) in [6.07, 6.45) is 1.40. The lowest BCUT2D eigenvalue weighted by atomic mass is 9.97. The molecule has 1 N–H and O–H groups in total. The van der Waals surface area contributed by atoms with Gasteiger partial charge in [-0.05, 0) is 43.6 Å². The molecule has 0 radical (unpaired) electrons. The van der Waals surface area contributed by atoms with Crippen LogP contribution in [0.15, 0.2) is 12.1 Å². The molecule has 5 nitrogen and oxygen atoms in total. The summed E-state index contributed by atoms with van der Waals surface area (Å²) in [4.78, 5) is 13.2. The molecule has 0 saturated carbocycles. The van der Waals surface area contributed by atoms with Gasteiger partial charge in [0.05, 0.1) is 10.9 Å². The zero-order valence-corrected chi connectivity index (χ0v) is 12.4. The number of ether oxygens (including phenoxy) is 2. The molecule has 1 fully saturated rings. The number of halogens is 1. The molecule has 0 atom stereocenters. The Morgan fingerprint density at radius 3 is 2.71 bits per heavy atom. The third-order valence-electron chi connectivity index (χ3n) is 4.00. The van der Waals surface area contributed by atoms with Crippen LogP contribution in [0.4, 0.5) is 0 Å². The number of piperidine rings is 1. The molecule has 2 heterocycles. The average Bonchev–Trinajstić information content (AvgIpc) is 2.48. The molecule has 21 heavy (non-hydrogen) atoms. The molecule has 1 aromatic carbocycles. The van der Waals surface area contributed by atoms with Gasteiger partial charge in [-0.1, -0.05) is 11.6 Å². The first-order chi connectivity index (χ1) is 10.1. The Hall–Kier alpha value is -1.46. The summed E-state index contributed by atoms with van der Waals surface area (Å²) in [6, 6.07) is 3.86. The van der Waals surface area contributed by atoms with Crippen LogP contribution in [0, 0.1) is 5.92 Å². The Balaban J connectivity index is 1.66.